The number of carbonyl (C=O) groups excluding carboxylic acids is 1. The molecule has 3 aromatic heterocycles. The number of carbonyl (C=O) groups is 1. The van der Waals surface area contributed by atoms with Gasteiger partial charge in [-0.1, -0.05) is 12.1 Å². The molecule has 1 aromatic carbocycles. The van der Waals surface area contributed by atoms with Crippen LogP contribution in [0.25, 0.3) is 21.9 Å². The number of hydrogen-bond donors (Lipinski definition) is 1. The molecule has 2 aliphatic rings. The van der Waals surface area contributed by atoms with E-state index in [-0.39, 0.29) is 12.2 Å². The molecule has 2 saturated carbocycles. The van der Waals surface area contributed by atoms with Gasteiger partial charge < -0.3 is 19.8 Å². The van der Waals surface area contributed by atoms with Gasteiger partial charge in [-0.15, -0.1) is 0 Å². The summed E-state index contributed by atoms with van der Waals surface area (Å²) in [6.07, 6.45) is 8.63. The lowest BCUT2D eigenvalue weighted by atomic mass is 10.1. The minimum atomic E-state index is -0.561. The molecule has 6 rings (SSSR count). The minimum absolute atomic E-state index is 0.169. The van der Waals surface area contributed by atoms with Crippen molar-refractivity contribution in [3.05, 3.63) is 54.5 Å². The van der Waals surface area contributed by atoms with Crippen LogP contribution in [0.5, 0.6) is 0 Å². The molecule has 0 aliphatic heterocycles. The Bertz CT molecular complexity index is 1510. The summed E-state index contributed by atoms with van der Waals surface area (Å²) in [6.45, 7) is 6.81. The van der Waals surface area contributed by atoms with Crippen LogP contribution in [-0.4, -0.2) is 43.9 Å². The van der Waals surface area contributed by atoms with Gasteiger partial charge in [0.25, 0.3) is 0 Å². The monoisotopic (exact) mass is 528 g/mol. The largest absolute Gasteiger partial charge is 0.443 e. The summed E-state index contributed by atoms with van der Waals surface area (Å²) in [5.74, 6) is 1.66. The summed E-state index contributed by atoms with van der Waals surface area (Å²) in [6, 6.07) is 12.5. The molecule has 0 spiro atoms. The highest BCUT2D eigenvalue weighted by molar-refractivity contribution is 5.89. The fourth-order valence-electron chi connectivity index (χ4n) is 5.35. The van der Waals surface area contributed by atoms with Gasteiger partial charge in [0.2, 0.25) is 0 Å². The molecule has 204 valence electrons. The molecule has 9 heteroatoms. The lowest BCUT2D eigenvalue weighted by Crippen LogP contribution is -2.38. The number of hydrogen-bond acceptors (Lipinski definition) is 7. The zero-order chi connectivity index (χ0) is 27.1. The second kappa shape index (κ2) is 10.1. The van der Waals surface area contributed by atoms with E-state index in [2.05, 4.69) is 38.9 Å². The van der Waals surface area contributed by atoms with Gasteiger partial charge in [-0.25, -0.2) is 19.7 Å². The number of benzene rings is 1. The van der Waals surface area contributed by atoms with Crippen molar-refractivity contribution >= 4 is 39.7 Å². The Labute approximate surface area is 228 Å². The van der Waals surface area contributed by atoms with E-state index >= 15 is 0 Å². The molecule has 4 aromatic rings. The number of nitrogens with zero attached hydrogens (tertiary/aromatic N) is 5. The van der Waals surface area contributed by atoms with Crippen molar-refractivity contribution in [2.75, 3.05) is 17.2 Å². The molecule has 0 saturated heterocycles. The molecular weight excluding hydrogens is 492 g/mol. The highest BCUT2D eigenvalue weighted by Gasteiger charge is 2.31. The lowest BCUT2D eigenvalue weighted by Gasteiger charge is -2.27. The first-order valence-corrected chi connectivity index (χ1v) is 13.8. The fourth-order valence-corrected chi connectivity index (χ4v) is 5.35. The molecule has 1 amide bonds. The first-order valence-electron chi connectivity index (χ1n) is 13.8. The van der Waals surface area contributed by atoms with Crippen molar-refractivity contribution in [1.82, 2.24) is 19.5 Å². The molecule has 9 nitrogen and oxygen atoms in total. The van der Waals surface area contributed by atoms with Gasteiger partial charge >= 0.3 is 6.09 Å². The normalized spacial score (nSPS) is 19.6. The van der Waals surface area contributed by atoms with E-state index in [0.29, 0.717) is 36.7 Å². The van der Waals surface area contributed by atoms with Crippen molar-refractivity contribution in [1.29, 1.82) is 0 Å². The predicted octanol–water partition coefficient (Wildman–Crippen LogP) is 6.02. The van der Waals surface area contributed by atoms with E-state index in [0.717, 1.165) is 59.6 Å². The summed E-state index contributed by atoms with van der Waals surface area (Å²) < 4.78 is 14.2. The SMILES string of the molecule is CC(C)(C)OC(=O)N(CC1CC1)c1ccc2ccc(COC3CCC(n4ccc5c(N)ncnc54)C3)cc2n1. The molecule has 0 bridgehead atoms. The number of pyridine rings is 1. The standard InChI is InChI=1S/C30H36N6O3/c1-30(2,3)39-29(37)36(16-19-4-5-19)26-11-8-21-7-6-20(14-25(21)34-26)17-38-23-10-9-22(15-23)35-13-12-24-27(31)32-18-33-28(24)35/h6-8,11-14,18-19,22-23H,4-5,9-10,15-17H2,1-3H3,(H2,31,32,33). The molecule has 2 fully saturated rings. The number of ether oxygens (including phenoxy) is 2. The van der Waals surface area contributed by atoms with Crippen LogP contribution in [0.1, 0.15) is 64.5 Å². The lowest BCUT2D eigenvalue weighted by molar-refractivity contribution is 0.0434. The molecule has 2 aliphatic carbocycles. The van der Waals surface area contributed by atoms with Crippen molar-refractivity contribution in [3.8, 4) is 0 Å². The quantitative estimate of drug-likeness (QED) is 0.312. The molecule has 2 unspecified atom stereocenters. The van der Waals surface area contributed by atoms with Crippen LogP contribution in [0, 0.1) is 5.92 Å². The summed E-state index contributed by atoms with van der Waals surface area (Å²) in [7, 11) is 0. The van der Waals surface area contributed by atoms with E-state index in [1.54, 1.807) is 4.90 Å². The van der Waals surface area contributed by atoms with Crippen LogP contribution in [-0.2, 0) is 16.1 Å². The molecule has 39 heavy (non-hydrogen) atoms. The van der Waals surface area contributed by atoms with E-state index in [4.69, 9.17) is 20.2 Å². The number of nitrogen functional groups attached to an aromatic ring is 1. The highest BCUT2D eigenvalue weighted by Crippen LogP contribution is 2.36. The van der Waals surface area contributed by atoms with Gasteiger partial charge in [-0.2, -0.15) is 0 Å². The van der Waals surface area contributed by atoms with E-state index in [9.17, 15) is 4.79 Å². The summed E-state index contributed by atoms with van der Waals surface area (Å²) in [5.41, 5.74) is 8.25. The van der Waals surface area contributed by atoms with Crippen LogP contribution < -0.4 is 10.6 Å². The number of amides is 1. The number of aromatic nitrogens is 4. The average Bonchev–Trinajstić information content (AvgIpc) is 3.41. The van der Waals surface area contributed by atoms with Crippen LogP contribution in [0.2, 0.25) is 0 Å². The Hall–Kier alpha value is -3.72. The van der Waals surface area contributed by atoms with Crippen LogP contribution in [0.15, 0.2) is 48.9 Å². The first-order chi connectivity index (χ1) is 18.7. The summed E-state index contributed by atoms with van der Waals surface area (Å²) in [4.78, 5) is 28.1. The van der Waals surface area contributed by atoms with Gasteiger partial charge in [0, 0.05) is 24.2 Å². The van der Waals surface area contributed by atoms with Crippen molar-refractivity contribution in [2.45, 2.75) is 77.2 Å². The van der Waals surface area contributed by atoms with Gasteiger partial charge in [0.05, 0.1) is 23.6 Å². The predicted molar refractivity (Wildman–Crippen MR) is 151 cm³/mol. The number of nitrogens with two attached hydrogens (primary N) is 1. The van der Waals surface area contributed by atoms with Gasteiger partial charge in [0.1, 0.15) is 29.2 Å². The fraction of sp³-hybridized carbons (Fsp3) is 0.467. The Kier molecular flexibility index (Phi) is 6.62. The number of anilines is 2. The maximum atomic E-state index is 13.0. The van der Waals surface area contributed by atoms with Crippen molar-refractivity contribution < 1.29 is 14.3 Å². The maximum Gasteiger partial charge on any atom is 0.416 e. The third kappa shape index (κ3) is 5.68. The van der Waals surface area contributed by atoms with Crippen LogP contribution in [0.4, 0.5) is 16.4 Å². The third-order valence-electron chi connectivity index (χ3n) is 7.55. The zero-order valence-electron chi connectivity index (χ0n) is 22.8. The Morgan fingerprint density at radius 3 is 2.72 bits per heavy atom. The van der Waals surface area contributed by atoms with E-state index in [1.165, 1.54) is 6.33 Å². The maximum absolute atomic E-state index is 13.0. The second-order valence-corrected chi connectivity index (χ2v) is 11.8. The zero-order valence-corrected chi connectivity index (χ0v) is 22.8. The average molecular weight is 529 g/mol. The topological polar surface area (TPSA) is 108 Å². The number of fused-ring (bicyclic) bond motifs is 2. The second-order valence-electron chi connectivity index (χ2n) is 11.8. The number of rotatable bonds is 7. The summed E-state index contributed by atoms with van der Waals surface area (Å²) >= 11 is 0. The Morgan fingerprint density at radius 2 is 1.92 bits per heavy atom. The Balaban J connectivity index is 1.14. The first kappa shape index (κ1) is 25.6. The minimum Gasteiger partial charge on any atom is -0.443 e. The molecule has 0 radical (unpaired) electrons. The van der Waals surface area contributed by atoms with Gasteiger partial charge in [0.15, 0.2) is 0 Å². The van der Waals surface area contributed by atoms with Gasteiger partial charge in [-0.05, 0) is 88.6 Å². The van der Waals surface area contributed by atoms with Gasteiger partial charge in [-0.3, -0.25) is 4.90 Å². The molecule has 2 N–H and O–H groups in total. The molecule has 2 atom stereocenters. The third-order valence-corrected chi connectivity index (χ3v) is 7.55. The van der Waals surface area contributed by atoms with Crippen LogP contribution in [0.3, 0.4) is 0 Å². The summed E-state index contributed by atoms with van der Waals surface area (Å²) in [5, 5.41) is 1.92. The highest BCUT2D eigenvalue weighted by atomic mass is 16.6. The van der Waals surface area contributed by atoms with Crippen molar-refractivity contribution in [2.24, 2.45) is 5.92 Å². The van der Waals surface area contributed by atoms with E-state index < -0.39 is 5.60 Å². The van der Waals surface area contributed by atoms with E-state index in [1.807, 2.05) is 39.0 Å². The Morgan fingerprint density at radius 1 is 1.10 bits per heavy atom. The molecule has 3 heterocycles. The molecular formula is C30H36N6O3. The van der Waals surface area contributed by atoms with Crippen LogP contribution >= 0.6 is 0 Å². The smallest absolute Gasteiger partial charge is 0.416 e. The van der Waals surface area contributed by atoms with Crippen molar-refractivity contribution in [3.63, 3.8) is 0 Å².